The monoisotopic (exact) mass is 582 g/mol. The van der Waals surface area contributed by atoms with Crippen LogP contribution in [0.1, 0.15) is 35.7 Å². The number of hydrogen-bond donors (Lipinski definition) is 2. The maximum absolute atomic E-state index is 13.6. The van der Waals surface area contributed by atoms with E-state index in [0.717, 1.165) is 22.6 Å². The van der Waals surface area contributed by atoms with Gasteiger partial charge in [0.05, 0.1) is 11.8 Å². The molecule has 1 amide bonds. The second-order valence-electron chi connectivity index (χ2n) is 9.95. The number of carbonyl (C=O) groups is 1. The van der Waals surface area contributed by atoms with Crippen LogP contribution in [0.3, 0.4) is 0 Å². The average molecular weight is 583 g/mol. The molecule has 4 heterocycles. The zero-order valence-electron chi connectivity index (χ0n) is 21.7. The first-order valence-electron chi connectivity index (χ1n) is 12.7. The Balaban J connectivity index is 1.24. The van der Waals surface area contributed by atoms with Crippen molar-refractivity contribution in [2.45, 2.75) is 31.5 Å². The van der Waals surface area contributed by atoms with Crippen molar-refractivity contribution < 1.29 is 26.4 Å². The molecule has 3 aromatic rings. The van der Waals surface area contributed by atoms with Gasteiger partial charge in [-0.15, -0.1) is 10.2 Å². The number of sulfonamides is 1. The molecule has 13 nitrogen and oxygen atoms in total. The number of rotatable bonds is 6. The van der Waals surface area contributed by atoms with Gasteiger partial charge in [-0.25, -0.2) is 18.3 Å². The summed E-state index contributed by atoms with van der Waals surface area (Å²) in [6, 6.07) is 4.90. The number of carbonyl (C=O) groups excluding carboxylic acids is 1. The smallest absolute Gasteiger partial charge is 0.371 e. The Kier molecular flexibility index (Phi) is 7.67. The van der Waals surface area contributed by atoms with E-state index in [4.69, 9.17) is 0 Å². The fourth-order valence-electron chi connectivity index (χ4n) is 5.06. The molecule has 2 N–H and O–H groups in total. The predicted molar refractivity (Wildman–Crippen MR) is 138 cm³/mol. The van der Waals surface area contributed by atoms with Crippen LogP contribution < -0.4 is 9.62 Å². The Labute approximate surface area is 228 Å². The van der Waals surface area contributed by atoms with Gasteiger partial charge in [0, 0.05) is 69.7 Å². The van der Waals surface area contributed by atoms with Crippen LogP contribution >= 0.6 is 0 Å². The van der Waals surface area contributed by atoms with Crippen LogP contribution in [0, 0.1) is 0 Å². The fraction of sp³-hybridized carbons (Fsp3) is 0.522. The normalized spacial score (nSPS) is 17.8. The van der Waals surface area contributed by atoms with Gasteiger partial charge in [-0.1, -0.05) is 6.07 Å². The van der Waals surface area contributed by atoms with Crippen molar-refractivity contribution in [3.05, 3.63) is 47.4 Å². The first kappa shape index (κ1) is 27.8. The highest BCUT2D eigenvalue weighted by Crippen LogP contribution is 2.36. The average Bonchev–Trinajstić information content (AvgIpc) is 3.60. The van der Waals surface area contributed by atoms with Gasteiger partial charge in [-0.3, -0.25) is 9.62 Å². The van der Waals surface area contributed by atoms with Crippen molar-refractivity contribution in [2.75, 3.05) is 55.1 Å². The molecule has 17 heteroatoms. The number of anilines is 2. The predicted octanol–water partition coefficient (Wildman–Crippen LogP) is 1.96. The summed E-state index contributed by atoms with van der Waals surface area (Å²) in [5, 5.41) is 18.0. The fourth-order valence-corrected chi connectivity index (χ4v) is 5.55. The number of alkyl halides is 3. The van der Waals surface area contributed by atoms with E-state index in [9.17, 15) is 26.4 Å². The zero-order valence-corrected chi connectivity index (χ0v) is 22.5. The second kappa shape index (κ2) is 11.0. The number of amides is 1. The number of aromatic nitrogens is 6. The Morgan fingerprint density at radius 2 is 1.82 bits per heavy atom. The molecule has 2 aromatic heterocycles. The quantitative estimate of drug-likeness (QED) is 0.446. The Bertz CT molecular complexity index is 1430. The van der Waals surface area contributed by atoms with E-state index in [0.29, 0.717) is 70.2 Å². The number of piperidine rings is 1. The highest BCUT2D eigenvalue weighted by molar-refractivity contribution is 7.92. The van der Waals surface area contributed by atoms with Crippen LogP contribution in [0.2, 0.25) is 0 Å². The van der Waals surface area contributed by atoms with Crippen LogP contribution in [0.15, 0.2) is 30.5 Å². The van der Waals surface area contributed by atoms with Gasteiger partial charge in [0.15, 0.2) is 11.6 Å². The van der Waals surface area contributed by atoms with Gasteiger partial charge in [0.2, 0.25) is 10.0 Å². The lowest BCUT2D eigenvalue weighted by molar-refractivity contribution is -0.137. The Morgan fingerprint density at radius 1 is 1.10 bits per heavy atom. The molecule has 216 valence electrons. The molecule has 0 atom stereocenters. The van der Waals surface area contributed by atoms with Crippen molar-refractivity contribution in [1.82, 2.24) is 40.2 Å². The second-order valence-corrected chi connectivity index (χ2v) is 11.7. The highest BCUT2D eigenvalue weighted by Gasteiger charge is 2.33. The minimum Gasteiger partial charge on any atom is -0.371 e. The first-order valence-corrected chi connectivity index (χ1v) is 14.6. The van der Waals surface area contributed by atoms with E-state index in [1.165, 1.54) is 18.3 Å². The molecule has 5 rings (SSSR count). The van der Waals surface area contributed by atoms with Gasteiger partial charge >= 0.3 is 12.2 Å². The van der Waals surface area contributed by atoms with Crippen LogP contribution in [0.5, 0.6) is 0 Å². The minimum absolute atomic E-state index is 0.0471. The molecular weight excluding hydrogens is 553 g/mol. The first-order chi connectivity index (χ1) is 19.0. The molecule has 2 aliphatic heterocycles. The van der Waals surface area contributed by atoms with E-state index in [-0.39, 0.29) is 17.8 Å². The maximum Gasteiger partial charge on any atom is 0.416 e. The summed E-state index contributed by atoms with van der Waals surface area (Å²) in [4.78, 5) is 18.5. The third-order valence-corrected chi connectivity index (χ3v) is 7.69. The third-order valence-electron chi connectivity index (χ3n) is 7.11. The molecule has 2 aliphatic rings. The number of nitrogens with one attached hydrogen (secondary N) is 2. The van der Waals surface area contributed by atoms with Crippen LogP contribution in [-0.4, -0.2) is 100 Å². The molecule has 0 unspecified atom stereocenters. The number of hydrogen-bond acceptors (Lipinski definition) is 9. The third kappa shape index (κ3) is 6.52. The standard InChI is InChI=1S/C23H29F3N10O3S/c1-40(38,39)30-20-6-9-36(29-20)22(37)35-12-10-33(11-13-35)15-17-2-3-18(23(24,25)26)14-19(17)34-7-4-16(5-8-34)21-27-31-32-28-21/h2-3,6,9,14,16H,4-5,7-8,10-13,15H2,1H3,(H,29,30)(H,27,28,31,32). The molecule has 2 fully saturated rings. The van der Waals surface area contributed by atoms with E-state index < -0.39 is 21.8 Å². The molecule has 0 saturated carbocycles. The van der Waals surface area contributed by atoms with Gasteiger partial charge in [-0.2, -0.15) is 17.9 Å². The van der Waals surface area contributed by atoms with Gasteiger partial charge < -0.3 is 9.80 Å². The summed E-state index contributed by atoms with van der Waals surface area (Å²) in [5.41, 5.74) is 0.660. The minimum atomic E-state index is -4.45. The van der Waals surface area contributed by atoms with Crippen molar-refractivity contribution in [2.24, 2.45) is 0 Å². The van der Waals surface area contributed by atoms with E-state index >= 15 is 0 Å². The number of benzene rings is 1. The summed E-state index contributed by atoms with van der Waals surface area (Å²) in [7, 11) is -3.52. The number of halogens is 3. The lowest BCUT2D eigenvalue weighted by Gasteiger charge is -2.37. The van der Waals surface area contributed by atoms with Crippen LogP contribution in [0.4, 0.5) is 29.5 Å². The number of aromatic amines is 1. The summed E-state index contributed by atoms with van der Waals surface area (Å²) in [5.74, 6) is 0.860. The molecule has 0 bridgehead atoms. The maximum atomic E-state index is 13.6. The molecule has 1 aromatic carbocycles. The molecule has 0 aliphatic carbocycles. The van der Waals surface area contributed by atoms with E-state index in [1.807, 2.05) is 4.90 Å². The lowest BCUT2D eigenvalue weighted by atomic mass is 9.95. The van der Waals surface area contributed by atoms with Gasteiger partial charge in [0.1, 0.15) is 0 Å². The summed E-state index contributed by atoms with van der Waals surface area (Å²) in [6.07, 6.45) is -0.650. The Morgan fingerprint density at radius 3 is 2.45 bits per heavy atom. The number of nitrogens with zero attached hydrogens (tertiary/aromatic N) is 8. The number of H-pyrrole nitrogens is 1. The summed E-state index contributed by atoms with van der Waals surface area (Å²) in [6.45, 7) is 3.39. The van der Waals surface area contributed by atoms with Gasteiger partial charge in [-0.05, 0) is 41.0 Å². The van der Waals surface area contributed by atoms with Crippen molar-refractivity contribution in [3.8, 4) is 0 Å². The summed E-state index contributed by atoms with van der Waals surface area (Å²) >= 11 is 0. The van der Waals surface area contributed by atoms with E-state index in [1.54, 1.807) is 11.0 Å². The summed E-state index contributed by atoms with van der Waals surface area (Å²) < 4.78 is 66.8. The molecule has 0 radical (unpaired) electrons. The lowest BCUT2D eigenvalue weighted by Crippen LogP contribution is -2.49. The van der Waals surface area contributed by atoms with Crippen LogP contribution in [0.25, 0.3) is 0 Å². The largest absolute Gasteiger partial charge is 0.416 e. The SMILES string of the molecule is CS(=O)(=O)Nc1ccn(C(=O)N2CCN(Cc3ccc(C(F)(F)F)cc3N3CCC(c4nnn[nH]4)CC3)CC2)n1. The number of tetrazole rings is 1. The van der Waals surface area contributed by atoms with Crippen molar-refractivity contribution in [1.29, 1.82) is 0 Å². The molecule has 0 spiro atoms. The molecule has 40 heavy (non-hydrogen) atoms. The van der Waals surface area contributed by atoms with E-state index in [2.05, 4.69) is 35.3 Å². The Hall–Kier alpha value is -3.73. The molecular formula is C23H29F3N10O3S. The van der Waals surface area contributed by atoms with Crippen molar-refractivity contribution >= 4 is 27.6 Å². The van der Waals surface area contributed by atoms with Crippen LogP contribution in [-0.2, 0) is 22.7 Å². The molecule has 2 saturated heterocycles. The highest BCUT2D eigenvalue weighted by atomic mass is 32.2. The zero-order chi connectivity index (χ0) is 28.5. The van der Waals surface area contributed by atoms with Crippen molar-refractivity contribution in [3.63, 3.8) is 0 Å². The number of piperazine rings is 1. The topological polar surface area (TPSA) is 145 Å². The van der Waals surface area contributed by atoms with Gasteiger partial charge in [0.25, 0.3) is 0 Å².